The monoisotopic (exact) mass is 325 g/mol. The highest BCUT2D eigenvalue weighted by molar-refractivity contribution is 5.78. The van der Waals surface area contributed by atoms with Crippen LogP contribution in [0.15, 0.2) is 42.5 Å². The number of anilines is 1. The topological polar surface area (TPSA) is 53.0 Å². The van der Waals surface area contributed by atoms with Crippen LogP contribution in [0.25, 0.3) is 11.0 Å². The average molecular weight is 325 g/mol. The van der Waals surface area contributed by atoms with E-state index < -0.39 is 0 Å². The maximum Gasteiger partial charge on any atom is 0.140 e. The third-order valence-corrected chi connectivity index (χ3v) is 4.36. The summed E-state index contributed by atoms with van der Waals surface area (Å²) in [4.78, 5) is 1.82. The Hall–Kier alpha value is -2.36. The fraction of sp³-hybridized carbons (Fsp3) is 0.400. The molecule has 0 spiro atoms. The van der Waals surface area contributed by atoms with Gasteiger partial charge in [-0.25, -0.2) is 0 Å². The van der Waals surface area contributed by atoms with E-state index in [-0.39, 0.29) is 16.6 Å². The molecule has 0 saturated heterocycles. The summed E-state index contributed by atoms with van der Waals surface area (Å²) in [6.07, 6.45) is 1.06. The third kappa shape index (κ3) is 3.28. The van der Waals surface area contributed by atoms with Crippen LogP contribution in [0.1, 0.15) is 46.6 Å². The number of phenolic OH excluding ortho intramolecular Hbond substituents is 1. The lowest BCUT2D eigenvalue weighted by Gasteiger charge is -2.33. The molecule has 128 valence electrons. The highest BCUT2D eigenvalue weighted by atomic mass is 16.3. The van der Waals surface area contributed by atoms with Crippen molar-refractivity contribution in [2.24, 2.45) is 5.41 Å². The molecule has 0 bridgehead atoms. The van der Waals surface area contributed by atoms with Crippen LogP contribution in [-0.2, 0) is 5.41 Å². The minimum atomic E-state index is 0.0304. The van der Waals surface area contributed by atoms with Gasteiger partial charge in [-0.05, 0) is 47.1 Å². The number of phenols is 1. The summed E-state index contributed by atoms with van der Waals surface area (Å²) in [5.41, 5.74) is 7.59. The molecule has 0 aliphatic rings. The van der Waals surface area contributed by atoms with E-state index in [0.29, 0.717) is 5.69 Å². The van der Waals surface area contributed by atoms with Crippen LogP contribution >= 0.6 is 0 Å². The van der Waals surface area contributed by atoms with Crippen LogP contribution in [0.5, 0.6) is 5.75 Å². The summed E-state index contributed by atoms with van der Waals surface area (Å²) in [5.74, 6) is 0.247. The van der Waals surface area contributed by atoms with Gasteiger partial charge in [0.15, 0.2) is 0 Å². The van der Waals surface area contributed by atoms with Crippen LogP contribution in [-0.4, -0.2) is 15.0 Å². The standard InChI is InChI=1S/C20H27N3O/c1-19(2,3)13-20(4,5)14-10-11-18(24)16(12-14)22-23-17-9-7-6-8-15(17)21-23/h6-12,21-22,24H,13H2,1-5H3. The van der Waals surface area contributed by atoms with Gasteiger partial charge in [-0.15, -0.1) is 0 Å². The zero-order chi connectivity index (χ0) is 17.5. The summed E-state index contributed by atoms with van der Waals surface area (Å²) in [6.45, 7) is 11.3. The Morgan fingerprint density at radius 1 is 1.04 bits per heavy atom. The third-order valence-electron chi connectivity index (χ3n) is 4.36. The molecule has 1 heterocycles. The minimum absolute atomic E-state index is 0.0304. The Labute approximate surface area is 143 Å². The van der Waals surface area contributed by atoms with Gasteiger partial charge in [0.25, 0.3) is 0 Å². The van der Waals surface area contributed by atoms with Gasteiger partial charge in [-0.2, -0.15) is 4.79 Å². The highest BCUT2D eigenvalue weighted by Gasteiger charge is 2.27. The molecule has 0 unspecified atom stereocenters. The molecule has 0 atom stereocenters. The maximum absolute atomic E-state index is 10.2. The molecule has 2 aromatic carbocycles. The van der Waals surface area contributed by atoms with E-state index >= 15 is 0 Å². The van der Waals surface area contributed by atoms with Gasteiger partial charge < -0.3 is 5.11 Å². The maximum atomic E-state index is 10.2. The highest BCUT2D eigenvalue weighted by Crippen LogP contribution is 2.38. The second-order valence-electron chi connectivity index (χ2n) is 8.43. The lowest BCUT2D eigenvalue weighted by atomic mass is 9.72. The first-order valence-corrected chi connectivity index (χ1v) is 8.42. The molecule has 0 aliphatic carbocycles. The second-order valence-corrected chi connectivity index (χ2v) is 8.43. The van der Waals surface area contributed by atoms with Gasteiger partial charge in [-0.1, -0.05) is 52.8 Å². The first kappa shape index (κ1) is 16.5. The number of aromatic amines is 1. The summed E-state index contributed by atoms with van der Waals surface area (Å²) >= 11 is 0. The van der Waals surface area contributed by atoms with Gasteiger partial charge in [0.05, 0.1) is 11.2 Å². The molecule has 3 aromatic rings. The van der Waals surface area contributed by atoms with Gasteiger partial charge in [0.1, 0.15) is 11.3 Å². The summed E-state index contributed by atoms with van der Waals surface area (Å²) in [7, 11) is 0. The smallest absolute Gasteiger partial charge is 0.140 e. The average Bonchev–Trinajstić information content (AvgIpc) is 2.43. The van der Waals surface area contributed by atoms with Crippen molar-refractivity contribution < 1.29 is 5.11 Å². The molecule has 3 N–H and O–H groups in total. The first-order chi connectivity index (χ1) is 11.2. The largest absolute Gasteiger partial charge is 0.506 e. The number of benzene rings is 2. The number of para-hydroxylation sites is 2. The molecule has 1 aromatic heterocycles. The van der Waals surface area contributed by atoms with E-state index in [1.165, 1.54) is 5.56 Å². The Morgan fingerprint density at radius 3 is 2.42 bits per heavy atom. The number of H-pyrrole nitrogens is 1. The zero-order valence-electron chi connectivity index (χ0n) is 15.1. The molecule has 4 nitrogen and oxygen atoms in total. The van der Waals surface area contributed by atoms with Crippen LogP contribution < -0.4 is 5.43 Å². The van der Waals surface area contributed by atoms with E-state index in [1.54, 1.807) is 6.07 Å². The first-order valence-electron chi connectivity index (χ1n) is 8.42. The Bertz CT molecular complexity index is 849. The Kier molecular flexibility index (Phi) is 3.86. The number of nitrogens with zero attached hydrogens (tertiary/aromatic N) is 1. The molecule has 3 rings (SSSR count). The minimum Gasteiger partial charge on any atom is -0.506 e. The van der Waals surface area contributed by atoms with Crippen LogP contribution in [0.3, 0.4) is 0 Å². The van der Waals surface area contributed by atoms with E-state index in [0.717, 1.165) is 17.5 Å². The molecular weight excluding hydrogens is 298 g/mol. The zero-order valence-corrected chi connectivity index (χ0v) is 15.1. The van der Waals surface area contributed by atoms with Gasteiger partial charge >= 0.3 is 0 Å². The lowest BCUT2D eigenvalue weighted by molar-refractivity contribution is 0.284. The van der Waals surface area contributed by atoms with E-state index in [9.17, 15) is 5.11 Å². The van der Waals surface area contributed by atoms with E-state index in [1.807, 2.05) is 41.2 Å². The fourth-order valence-corrected chi connectivity index (χ4v) is 3.57. The van der Waals surface area contributed by atoms with E-state index in [2.05, 4.69) is 45.1 Å². The molecule has 0 radical (unpaired) electrons. The normalized spacial score (nSPS) is 12.7. The molecular formula is C20H27N3O. The predicted molar refractivity (Wildman–Crippen MR) is 101 cm³/mol. The van der Waals surface area contributed by atoms with Crippen molar-refractivity contribution in [2.75, 3.05) is 5.43 Å². The Balaban J connectivity index is 1.89. The predicted octanol–water partition coefficient (Wildman–Crippen LogP) is 5.26. The fourth-order valence-electron chi connectivity index (χ4n) is 3.57. The molecule has 0 fully saturated rings. The van der Waals surface area contributed by atoms with E-state index in [4.69, 9.17) is 0 Å². The van der Waals surface area contributed by atoms with Crippen molar-refractivity contribution in [2.45, 2.75) is 46.5 Å². The van der Waals surface area contributed by atoms with Crippen molar-refractivity contribution >= 4 is 16.7 Å². The van der Waals surface area contributed by atoms with Crippen LogP contribution in [0.2, 0.25) is 0 Å². The number of aromatic hydroxyl groups is 1. The van der Waals surface area contributed by atoms with Crippen LogP contribution in [0.4, 0.5) is 5.69 Å². The van der Waals surface area contributed by atoms with Gasteiger partial charge in [0, 0.05) is 0 Å². The number of fused-ring (bicyclic) bond motifs is 1. The van der Waals surface area contributed by atoms with Gasteiger partial charge in [0.2, 0.25) is 0 Å². The number of nitrogens with one attached hydrogen (secondary N) is 2. The number of hydrogen-bond acceptors (Lipinski definition) is 2. The number of hydrogen-bond donors (Lipinski definition) is 3. The lowest BCUT2D eigenvalue weighted by Crippen LogP contribution is -2.25. The quantitative estimate of drug-likeness (QED) is 0.573. The van der Waals surface area contributed by atoms with Gasteiger partial charge in [-0.3, -0.25) is 10.5 Å². The van der Waals surface area contributed by atoms with Crippen LogP contribution in [0, 0.1) is 5.41 Å². The second kappa shape index (κ2) is 5.62. The summed E-state index contributed by atoms with van der Waals surface area (Å²) in [5, 5.41) is 13.4. The molecule has 24 heavy (non-hydrogen) atoms. The number of aromatic nitrogens is 2. The molecule has 4 heteroatoms. The van der Waals surface area contributed by atoms with Crippen molar-refractivity contribution in [3.63, 3.8) is 0 Å². The van der Waals surface area contributed by atoms with Crippen molar-refractivity contribution in [1.29, 1.82) is 0 Å². The molecule has 0 amide bonds. The molecule has 0 aliphatic heterocycles. The summed E-state index contributed by atoms with van der Waals surface area (Å²) in [6, 6.07) is 13.9. The molecule has 0 saturated carbocycles. The SMILES string of the molecule is CC(C)(C)CC(C)(C)c1ccc(O)c(Nn2[nH]c3ccccc32)c1. The Morgan fingerprint density at radius 2 is 1.75 bits per heavy atom. The van der Waals surface area contributed by atoms with Crippen molar-refractivity contribution in [1.82, 2.24) is 9.89 Å². The number of rotatable bonds is 4. The summed E-state index contributed by atoms with van der Waals surface area (Å²) < 4.78 is 0. The van der Waals surface area contributed by atoms with Crippen molar-refractivity contribution in [3.8, 4) is 5.75 Å². The van der Waals surface area contributed by atoms with Crippen molar-refractivity contribution in [3.05, 3.63) is 48.0 Å².